The molecule has 0 bridgehead atoms. The molecular formula is C14H15NO2S. The molecule has 0 amide bonds. The minimum absolute atomic E-state index is 0.378. The van der Waals surface area contributed by atoms with Crippen molar-refractivity contribution in [3.05, 3.63) is 46.7 Å². The second-order valence-corrected chi connectivity index (χ2v) is 4.82. The maximum Gasteiger partial charge on any atom is 0.322 e. The normalized spacial score (nSPS) is 12.1. The average Bonchev–Trinajstić information content (AvgIpc) is 2.92. The molecule has 0 aliphatic carbocycles. The van der Waals surface area contributed by atoms with Gasteiger partial charge in [-0.15, -0.1) is 0 Å². The molecule has 0 radical (unpaired) electrons. The third-order valence-electron chi connectivity index (χ3n) is 2.77. The Hall–Kier alpha value is -1.65. The first kappa shape index (κ1) is 12.8. The van der Waals surface area contributed by atoms with Crippen LogP contribution in [-0.2, 0) is 16.0 Å². The zero-order valence-corrected chi connectivity index (χ0v) is 10.9. The predicted octanol–water partition coefficient (Wildman–Crippen LogP) is 2.46. The quantitative estimate of drug-likeness (QED) is 0.860. The molecule has 4 heteroatoms. The van der Waals surface area contributed by atoms with Crippen molar-refractivity contribution in [3.8, 4) is 11.1 Å². The fourth-order valence-corrected chi connectivity index (χ4v) is 2.42. The van der Waals surface area contributed by atoms with E-state index in [1.54, 1.807) is 11.3 Å². The maximum absolute atomic E-state index is 11.2. The molecule has 0 saturated carbocycles. The van der Waals surface area contributed by atoms with Crippen LogP contribution in [0.2, 0.25) is 0 Å². The summed E-state index contributed by atoms with van der Waals surface area (Å²) in [7, 11) is 1.35. The highest BCUT2D eigenvalue weighted by molar-refractivity contribution is 7.08. The second kappa shape index (κ2) is 5.80. The molecule has 2 N–H and O–H groups in total. The van der Waals surface area contributed by atoms with E-state index in [0.717, 1.165) is 5.56 Å². The number of rotatable bonds is 4. The number of carbonyl (C=O) groups excluding carboxylic acids is 1. The first-order valence-electron chi connectivity index (χ1n) is 5.65. The summed E-state index contributed by atoms with van der Waals surface area (Å²) in [6.07, 6.45) is 0.497. The summed E-state index contributed by atoms with van der Waals surface area (Å²) >= 11 is 1.67. The lowest BCUT2D eigenvalue weighted by Crippen LogP contribution is -2.33. The molecule has 0 spiro atoms. The van der Waals surface area contributed by atoms with Gasteiger partial charge in [0.25, 0.3) is 0 Å². The van der Waals surface area contributed by atoms with Gasteiger partial charge in [-0.25, -0.2) is 0 Å². The van der Waals surface area contributed by atoms with Crippen LogP contribution in [0.5, 0.6) is 0 Å². The predicted molar refractivity (Wildman–Crippen MR) is 73.5 cm³/mol. The summed E-state index contributed by atoms with van der Waals surface area (Å²) in [5.41, 5.74) is 9.14. The molecular weight excluding hydrogens is 246 g/mol. The van der Waals surface area contributed by atoms with E-state index in [9.17, 15) is 4.79 Å². The van der Waals surface area contributed by atoms with Crippen molar-refractivity contribution in [2.75, 3.05) is 7.11 Å². The molecule has 0 fully saturated rings. The van der Waals surface area contributed by atoms with Crippen molar-refractivity contribution in [1.29, 1.82) is 0 Å². The van der Waals surface area contributed by atoms with E-state index in [1.165, 1.54) is 18.2 Å². The molecule has 0 aliphatic rings. The fourth-order valence-electron chi connectivity index (χ4n) is 1.75. The van der Waals surface area contributed by atoms with E-state index in [0.29, 0.717) is 6.42 Å². The van der Waals surface area contributed by atoms with Crippen LogP contribution in [0, 0.1) is 0 Å². The van der Waals surface area contributed by atoms with Crippen LogP contribution in [0.25, 0.3) is 11.1 Å². The van der Waals surface area contributed by atoms with Gasteiger partial charge in [0.2, 0.25) is 0 Å². The Bertz CT molecular complexity index is 505. The number of hydrogen-bond acceptors (Lipinski definition) is 4. The summed E-state index contributed by atoms with van der Waals surface area (Å²) in [5.74, 6) is -0.378. The number of nitrogens with two attached hydrogens (primary N) is 1. The smallest absolute Gasteiger partial charge is 0.322 e. The molecule has 18 heavy (non-hydrogen) atoms. The van der Waals surface area contributed by atoms with Crippen molar-refractivity contribution in [1.82, 2.24) is 0 Å². The molecule has 94 valence electrons. The lowest BCUT2D eigenvalue weighted by Gasteiger charge is -2.09. The van der Waals surface area contributed by atoms with E-state index >= 15 is 0 Å². The van der Waals surface area contributed by atoms with Crippen LogP contribution in [0.4, 0.5) is 0 Å². The van der Waals surface area contributed by atoms with Crippen LogP contribution >= 0.6 is 11.3 Å². The highest BCUT2D eigenvalue weighted by Crippen LogP contribution is 2.22. The van der Waals surface area contributed by atoms with Gasteiger partial charge < -0.3 is 10.5 Å². The Labute approximate surface area is 110 Å². The number of methoxy groups -OCH3 is 1. The van der Waals surface area contributed by atoms with E-state index in [-0.39, 0.29) is 5.97 Å². The Morgan fingerprint density at radius 3 is 2.56 bits per heavy atom. The highest BCUT2D eigenvalue weighted by atomic mass is 32.1. The van der Waals surface area contributed by atoms with Gasteiger partial charge in [-0.2, -0.15) is 11.3 Å². The van der Waals surface area contributed by atoms with Gasteiger partial charge in [0.15, 0.2) is 0 Å². The van der Waals surface area contributed by atoms with Crippen LogP contribution in [-0.4, -0.2) is 19.1 Å². The first-order valence-corrected chi connectivity index (χ1v) is 6.60. The zero-order chi connectivity index (χ0) is 13.0. The molecule has 1 aromatic heterocycles. The van der Waals surface area contributed by atoms with Gasteiger partial charge in [0.1, 0.15) is 6.04 Å². The molecule has 1 heterocycles. The van der Waals surface area contributed by atoms with Crippen molar-refractivity contribution < 1.29 is 9.53 Å². The van der Waals surface area contributed by atoms with Gasteiger partial charge in [-0.3, -0.25) is 4.79 Å². The molecule has 1 atom stereocenters. The molecule has 3 nitrogen and oxygen atoms in total. The molecule has 2 rings (SSSR count). The van der Waals surface area contributed by atoms with Crippen molar-refractivity contribution in [2.24, 2.45) is 5.73 Å². The fraction of sp³-hybridized carbons (Fsp3) is 0.214. The third-order valence-corrected chi connectivity index (χ3v) is 3.45. The summed E-state index contributed by atoms with van der Waals surface area (Å²) < 4.78 is 4.60. The number of ether oxygens (including phenoxy) is 1. The first-order chi connectivity index (χ1) is 8.70. The summed E-state index contributed by atoms with van der Waals surface area (Å²) in [5, 5.41) is 4.16. The Balaban J connectivity index is 2.06. The van der Waals surface area contributed by atoms with Crippen molar-refractivity contribution in [3.63, 3.8) is 0 Å². The number of hydrogen-bond donors (Lipinski definition) is 1. The molecule has 1 unspecified atom stereocenters. The lowest BCUT2D eigenvalue weighted by molar-refractivity contribution is -0.142. The van der Waals surface area contributed by atoms with Crippen LogP contribution in [0.3, 0.4) is 0 Å². The Morgan fingerprint density at radius 2 is 2.00 bits per heavy atom. The van der Waals surface area contributed by atoms with Gasteiger partial charge in [0.05, 0.1) is 7.11 Å². The number of thiophene rings is 1. The number of carbonyl (C=O) groups is 1. The Kier molecular flexibility index (Phi) is 4.12. The minimum atomic E-state index is -0.595. The Morgan fingerprint density at radius 1 is 1.28 bits per heavy atom. The molecule has 1 aromatic carbocycles. The maximum atomic E-state index is 11.2. The molecule has 2 aromatic rings. The van der Waals surface area contributed by atoms with E-state index in [4.69, 9.17) is 5.73 Å². The summed E-state index contributed by atoms with van der Waals surface area (Å²) in [6, 6.07) is 9.57. The van der Waals surface area contributed by atoms with E-state index in [1.807, 2.05) is 24.3 Å². The number of benzene rings is 1. The summed E-state index contributed by atoms with van der Waals surface area (Å²) in [6.45, 7) is 0. The monoisotopic (exact) mass is 261 g/mol. The van der Waals surface area contributed by atoms with E-state index < -0.39 is 6.04 Å². The average molecular weight is 261 g/mol. The van der Waals surface area contributed by atoms with Gasteiger partial charge >= 0.3 is 5.97 Å². The van der Waals surface area contributed by atoms with Gasteiger partial charge in [-0.1, -0.05) is 24.3 Å². The zero-order valence-electron chi connectivity index (χ0n) is 10.1. The van der Waals surface area contributed by atoms with Crippen LogP contribution < -0.4 is 5.73 Å². The van der Waals surface area contributed by atoms with E-state index in [2.05, 4.69) is 21.6 Å². The molecule has 0 aliphatic heterocycles. The minimum Gasteiger partial charge on any atom is -0.468 e. The van der Waals surface area contributed by atoms with Crippen molar-refractivity contribution in [2.45, 2.75) is 12.5 Å². The van der Waals surface area contributed by atoms with Crippen LogP contribution in [0.15, 0.2) is 41.1 Å². The largest absolute Gasteiger partial charge is 0.468 e. The standard InChI is InChI=1S/C14H15NO2S/c1-17-14(16)13(15)8-10-2-4-11(5-3-10)12-6-7-18-9-12/h2-7,9,13H,8,15H2,1H3. The van der Waals surface area contributed by atoms with Gasteiger partial charge in [-0.05, 0) is 39.9 Å². The second-order valence-electron chi connectivity index (χ2n) is 4.04. The summed E-state index contributed by atoms with van der Waals surface area (Å²) in [4.78, 5) is 11.2. The topological polar surface area (TPSA) is 52.3 Å². The molecule has 0 saturated heterocycles. The lowest BCUT2D eigenvalue weighted by atomic mass is 10.0. The highest BCUT2D eigenvalue weighted by Gasteiger charge is 2.13. The third kappa shape index (κ3) is 2.97. The SMILES string of the molecule is COC(=O)C(N)Cc1ccc(-c2ccsc2)cc1. The van der Waals surface area contributed by atoms with Crippen LogP contribution in [0.1, 0.15) is 5.56 Å². The van der Waals surface area contributed by atoms with Crippen molar-refractivity contribution >= 4 is 17.3 Å². The number of esters is 1. The van der Waals surface area contributed by atoms with Gasteiger partial charge in [0, 0.05) is 0 Å².